The van der Waals surface area contributed by atoms with Crippen molar-refractivity contribution in [3.63, 3.8) is 0 Å². The lowest BCUT2D eigenvalue weighted by molar-refractivity contribution is 0.311. The lowest BCUT2D eigenvalue weighted by Crippen LogP contribution is -2.01. The van der Waals surface area contributed by atoms with Gasteiger partial charge in [0.2, 0.25) is 0 Å². The smallest absolute Gasteiger partial charge is 0.163 e. The van der Waals surface area contributed by atoms with Crippen molar-refractivity contribution >= 4 is 5.69 Å². The number of anilines is 1. The summed E-state index contributed by atoms with van der Waals surface area (Å²) in [5.41, 5.74) is 1.74. The van der Waals surface area contributed by atoms with Gasteiger partial charge in [-0.25, -0.2) is 0 Å². The van der Waals surface area contributed by atoms with E-state index in [-0.39, 0.29) is 11.5 Å². The Balaban J connectivity index is 2.08. The number of phenolic OH excluding ortho intramolecular Hbond substituents is 2. The second-order valence-corrected chi connectivity index (χ2v) is 4.48. The van der Waals surface area contributed by atoms with Gasteiger partial charge in [-0.2, -0.15) is 0 Å². The van der Waals surface area contributed by atoms with Crippen molar-refractivity contribution in [2.45, 2.75) is 13.5 Å². The molecule has 112 valence electrons. The first-order valence-corrected chi connectivity index (χ1v) is 6.69. The van der Waals surface area contributed by atoms with E-state index in [0.29, 0.717) is 24.7 Å². The minimum Gasteiger partial charge on any atom is -0.504 e. The Hall–Kier alpha value is -2.56. The number of hydrogen-bond acceptors (Lipinski definition) is 5. The first-order chi connectivity index (χ1) is 10.1. The zero-order valence-electron chi connectivity index (χ0n) is 12.1. The van der Waals surface area contributed by atoms with Crippen LogP contribution in [0.3, 0.4) is 0 Å². The summed E-state index contributed by atoms with van der Waals surface area (Å²) in [5.74, 6) is 1.11. The highest BCUT2D eigenvalue weighted by Crippen LogP contribution is 2.31. The molecule has 3 N–H and O–H groups in total. The largest absolute Gasteiger partial charge is 0.504 e. The van der Waals surface area contributed by atoms with Crippen LogP contribution in [-0.2, 0) is 6.54 Å². The number of hydrogen-bond donors (Lipinski definition) is 3. The fraction of sp³-hybridized carbons (Fsp3) is 0.250. The Bertz CT molecular complexity index is 613. The Kier molecular flexibility index (Phi) is 4.77. The van der Waals surface area contributed by atoms with Gasteiger partial charge < -0.3 is 25.0 Å². The van der Waals surface area contributed by atoms with Crippen LogP contribution in [0.4, 0.5) is 5.69 Å². The molecule has 0 aliphatic heterocycles. The third-order valence-corrected chi connectivity index (χ3v) is 3.00. The molecule has 0 aliphatic carbocycles. The quantitative estimate of drug-likeness (QED) is 0.713. The molecule has 0 atom stereocenters. The Morgan fingerprint density at radius 3 is 2.48 bits per heavy atom. The highest BCUT2D eigenvalue weighted by atomic mass is 16.5. The zero-order valence-corrected chi connectivity index (χ0v) is 12.1. The van der Waals surface area contributed by atoms with Crippen LogP contribution in [-0.4, -0.2) is 23.9 Å². The minimum atomic E-state index is -0.126. The number of methoxy groups -OCH3 is 1. The molecule has 21 heavy (non-hydrogen) atoms. The second kappa shape index (κ2) is 6.74. The van der Waals surface area contributed by atoms with E-state index in [9.17, 15) is 10.2 Å². The van der Waals surface area contributed by atoms with E-state index in [1.165, 1.54) is 12.1 Å². The Labute approximate surface area is 123 Å². The summed E-state index contributed by atoms with van der Waals surface area (Å²) >= 11 is 0. The SMILES string of the molecule is CCOc1cc(NCc2ccc(O)c(O)c2)ccc1OC. The number of rotatable bonds is 6. The van der Waals surface area contributed by atoms with E-state index in [2.05, 4.69) is 5.32 Å². The number of ether oxygens (including phenoxy) is 2. The molecule has 0 amide bonds. The molecule has 5 nitrogen and oxygen atoms in total. The summed E-state index contributed by atoms with van der Waals surface area (Å²) < 4.78 is 10.7. The topological polar surface area (TPSA) is 71.0 Å². The van der Waals surface area contributed by atoms with Gasteiger partial charge in [-0.3, -0.25) is 0 Å². The van der Waals surface area contributed by atoms with E-state index in [0.717, 1.165) is 11.3 Å². The summed E-state index contributed by atoms with van der Waals surface area (Å²) in [7, 11) is 1.60. The predicted octanol–water partition coefficient (Wildman–Crippen LogP) is 3.12. The first-order valence-electron chi connectivity index (χ1n) is 6.69. The maximum Gasteiger partial charge on any atom is 0.163 e. The molecule has 2 aromatic rings. The van der Waals surface area contributed by atoms with Crippen LogP contribution in [0, 0.1) is 0 Å². The molecule has 0 fully saturated rings. The van der Waals surface area contributed by atoms with Crippen LogP contribution in [0.1, 0.15) is 12.5 Å². The van der Waals surface area contributed by atoms with Gasteiger partial charge in [-0.1, -0.05) is 6.07 Å². The molecule has 0 heterocycles. The van der Waals surface area contributed by atoms with E-state index >= 15 is 0 Å². The number of benzene rings is 2. The maximum atomic E-state index is 9.47. The molecule has 0 bridgehead atoms. The van der Waals surface area contributed by atoms with Crippen LogP contribution in [0.5, 0.6) is 23.0 Å². The van der Waals surface area contributed by atoms with Gasteiger partial charge in [0.15, 0.2) is 23.0 Å². The summed E-state index contributed by atoms with van der Waals surface area (Å²) in [6.45, 7) is 3.00. The molecule has 0 spiro atoms. The van der Waals surface area contributed by atoms with E-state index < -0.39 is 0 Å². The molecule has 0 aliphatic rings. The molecular weight excluding hydrogens is 270 g/mol. The molecule has 2 rings (SSSR count). The lowest BCUT2D eigenvalue weighted by atomic mass is 10.2. The van der Waals surface area contributed by atoms with Gasteiger partial charge >= 0.3 is 0 Å². The van der Waals surface area contributed by atoms with Crippen molar-refractivity contribution in [1.82, 2.24) is 0 Å². The van der Waals surface area contributed by atoms with Crippen molar-refractivity contribution < 1.29 is 19.7 Å². The molecule has 0 aromatic heterocycles. The Morgan fingerprint density at radius 2 is 1.81 bits per heavy atom. The monoisotopic (exact) mass is 289 g/mol. The van der Waals surface area contributed by atoms with Crippen LogP contribution in [0.15, 0.2) is 36.4 Å². The van der Waals surface area contributed by atoms with Gasteiger partial charge in [-0.15, -0.1) is 0 Å². The van der Waals surface area contributed by atoms with Crippen molar-refractivity contribution in [3.05, 3.63) is 42.0 Å². The second-order valence-electron chi connectivity index (χ2n) is 4.48. The predicted molar refractivity (Wildman–Crippen MR) is 81.3 cm³/mol. The summed E-state index contributed by atoms with van der Waals surface area (Å²) in [6, 6.07) is 10.3. The Morgan fingerprint density at radius 1 is 1.00 bits per heavy atom. The molecule has 5 heteroatoms. The zero-order chi connectivity index (χ0) is 15.2. The van der Waals surface area contributed by atoms with Crippen LogP contribution in [0.2, 0.25) is 0 Å². The van der Waals surface area contributed by atoms with E-state index in [1.807, 2.05) is 25.1 Å². The van der Waals surface area contributed by atoms with E-state index in [1.54, 1.807) is 13.2 Å². The van der Waals surface area contributed by atoms with Gasteiger partial charge in [0.1, 0.15) is 0 Å². The summed E-state index contributed by atoms with van der Waals surface area (Å²) in [4.78, 5) is 0. The highest BCUT2D eigenvalue weighted by molar-refractivity contribution is 5.55. The standard InChI is InChI=1S/C16H19NO4/c1-3-21-16-9-12(5-7-15(16)20-2)17-10-11-4-6-13(18)14(19)8-11/h4-9,17-19H,3,10H2,1-2H3. The number of phenols is 2. The lowest BCUT2D eigenvalue weighted by Gasteiger charge is -2.12. The molecule has 2 aromatic carbocycles. The van der Waals surface area contributed by atoms with Crippen molar-refractivity contribution in [2.24, 2.45) is 0 Å². The van der Waals surface area contributed by atoms with Crippen LogP contribution in [0.25, 0.3) is 0 Å². The minimum absolute atomic E-state index is 0.123. The van der Waals surface area contributed by atoms with Crippen molar-refractivity contribution in [2.75, 3.05) is 19.0 Å². The molecular formula is C16H19NO4. The van der Waals surface area contributed by atoms with Gasteiger partial charge in [0.25, 0.3) is 0 Å². The fourth-order valence-corrected chi connectivity index (χ4v) is 1.94. The van der Waals surface area contributed by atoms with Gasteiger partial charge in [0, 0.05) is 18.3 Å². The van der Waals surface area contributed by atoms with Crippen molar-refractivity contribution in [3.8, 4) is 23.0 Å². The molecule has 0 radical (unpaired) electrons. The van der Waals surface area contributed by atoms with Gasteiger partial charge in [-0.05, 0) is 36.8 Å². The summed E-state index contributed by atoms with van der Waals surface area (Å²) in [6.07, 6.45) is 0. The average Bonchev–Trinajstić information content (AvgIpc) is 2.49. The third kappa shape index (κ3) is 3.72. The van der Waals surface area contributed by atoms with Gasteiger partial charge in [0.05, 0.1) is 13.7 Å². The maximum absolute atomic E-state index is 9.47. The molecule has 0 saturated carbocycles. The fourth-order valence-electron chi connectivity index (χ4n) is 1.94. The van der Waals surface area contributed by atoms with Crippen molar-refractivity contribution in [1.29, 1.82) is 0 Å². The normalized spacial score (nSPS) is 10.2. The number of aromatic hydroxyl groups is 2. The third-order valence-electron chi connectivity index (χ3n) is 3.00. The van der Waals surface area contributed by atoms with E-state index in [4.69, 9.17) is 9.47 Å². The first kappa shape index (κ1) is 14.8. The molecule has 0 unspecified atom stereocenters. The van der Waals surface area contributed by atoms with Crippen LogP contribution < -0.4 is 14.8 Å². The number of nitrogens with one attached hydrogen (secondary N) is 1. The summed E-state index contributed by atoms with van der Waals surface area (Å²) in [5, 5.41) is 22.0. The van der Waals surface area contributed by atoms with Crippen LogP contribution >= 0.6 is 0 Å². The molecule has 0 saturated heterocycles. The average molecular weight is 289 g/mol. The highest BCUT2D eigenvalue weighted by Gasteiger charge is 2.06.